The van der Waals surface area contributed by atoms with Gasteiger partial charge in [0.05, 0.1) is 17.3 Å². The van der Waals surface area contributed by atoms with Crippen molar-refractivity contribution in [1.82, 2.24) is 10.6 Å². The second-order valence-electron chi connectivity index (χ2n) is 11.4. The summed E-state index contributed by atoms with van der Waals surface area (Å²) < 4.78 is 0. The minimum Gasteiger partial charge on any atom is -0.384 e. The van der Waals surface area contributed by atoms with E-state index in [4.69, 9.17) is 11.6 Å². The first-order valence-corrected chi connectivity index (χ1v) is 16.0. The molecule has 0 fully saturated rings. The maximum Gasteiger partial charge on any atom is 0.323 e. The number of urea groups is 1. The molecule has 48 heavy (non-hydrogen) atoms. The Bertz CT molecular complexity index is 2000. The topological polar surface area (TPSA) is 111 Å². The lowest BCUT2D eigenvalue weighted by Gasteiger charge is -2.16. The van der Waals surface area contributed by atoms with Crippen molar-refractivity contribution in [3.05, 3.63) is 160 Å². The lowest BCUT2D eigenvalue weighted by atomic mass is 9.98. The molecule has 0 saturated carbocycles. The van der Waals surface area contributed by atoms with E-state index >= 15 is 0 Å². The van der Waals surface area contributed by atoms with Gasteiger partial charge in [-0.3, -0.25) is 9.59 Å². The van der Waals surface area contributed by atoms with Crippen LogP contribution in [0.25, 0.3) is 11.3 Å². The number of nitrogens with one attached hydrogen (secondary N) is 5. The number of hydrogen-bond acceptors (Lipinski definition) is 4. The quantitative estimate of drug-likeness (QED) is 0.0979. The first-order valence-electron chi connectivity index (χ1n) is 15.6. The molecule has 0 saturated heterocycles. The number of fused-ring (bicyclic) bond motifs is 1. The highest BCUT2D eigenvalue weighted by atomic mass is 35.5. The zero-order valence-electron chi connectivity index (χ0n) is 26.2. The summed E-state index contributed by atoms with van der Waals surface area (Å²) in [4.78, 5) is 39.3. The largest absolute Gasteiger partial charge is 0.384 e. The van der Waals surface area contributed by atoms with Crippen molar-refractivity contribution in [3.63, 3.8) is 0 Å². The molecule has 5 aromatic carbocycles. The molecule has 8 nitrogen and oxygen atoms in total. The number of carbonyl (C=O) groups is 3. The second kappa shape index (κ2) is 14.7. The van der Waals surface area contributed by atoms with Gasteiger partial charge in [-0.1, -0.05) is 90.5 Å². The first-order chi connectivity index (χ1) is 23.3. The molecular weight excluding hydrogens is 622 g/mol. The van der Waals surface area contributed by atoms with E-state index in [1.165, 1.54) is 0 Å². The molecule has 4 amide bonds. The van der Waals surface area contributed by atoms with E-state index in [1.54, 1.807) is 42.5 Å². The van der Waals surface area contributed by atoms with Gasteiger partial charge in [0.2, 0.25) is 0 Å². The number of anilines is 3. The van der Waals surface area contributed by atoms with Gasteiger partial charge in [0, 0.05) is 39.8 Å². The molecular formula is C39H34ClN5O3. The molecule has 5 N–H and O–H groups in total. The third-order valence-electron chi connectivity index (χ3n) is 7.97. The fourth-order valence-corrected chi connectivity index (χ4v) is 5.79. The molecule has 0 spiro atoms. The van der Waals surface area contributed by atoms with E-state index < -0.39 is 0 Å². The van der Waals surface area contributed by atoms with Gasteiger partial charge in [0.1, 0.15) is 0 Å². The van der Waals surface area contributed by atoms with Gasteiger partial charge in [0.15, 0.2) is 0 Å². The van der Waals surface area contributed by atoms with Gasteiger partial charge in [-0.2, -0.15) is 0 Å². The summed E-state index contributed by atoms with van der Waals surface area (Å²) in [5.74, 6) is -0.472. The summed E-state index contributed by atoms with van der Waals surface area (Å²) in [6.45, 7) is 2.44. The van der Waals surface area contributed by atoms with Crippen LogP contribution in [0.5, 0.6) is 0 Å². The van der Waals surface area contributed by atoms with Crippen molar-refractivity contribution in [2.75, 3.05) is 22.5 Å². The average Bonchev–Trinajstić information content (AvgIpc) is 3.42. The molecule has 9 heteroatoms. The molecule has 0 radical (unpaired) electrons. The normalized spacial score (nSPS) is 13.5. The highest BCUT2D eigenvalue weighted by Gasteiger charge is 2.29. The van der Waals surface area contributed by atoms with E-state index in [0.717, 1.165) is 16.7 Å². The number of benzene rings is 5. The Morgan fingerprint density at radius 1 is 0.750 bits per heavy atom. The molecule has 1 aliphatic rings. The summed E-state index contributed by atoms with van der Waals surface area (Å²) in [7, 11) is 0. The highest BCUT2D eigenvalue weighted by Crippen LogP contribution is 2.37. The Labute approximate surface area is 284 Å². The van der Waals surface area contributed by atoms with Crippen molar-refractivity contribution in [2.24, 2.45) is 0 Å². The third-order valence-corrected chi connectivity index (χ3v) is 8.20. The minimum atomic E-state index is -0.378. The predicted octanol–water partition coefficient (Wildman–Crippen LogP) is 8.13. The molecule has 0 aromatic heterocycles. The second-order valence-corrected chi connectivity index (χ2v) is 11.8. The van der Waals surface area contributed by atoms with Crippen molar-refractivity contribution in [3.8, 4) is 0 Å². The van der Waals surface area contributed by atoms with Crippen LogP contribution in [-0.4, -0.2) is 24.4 Å². The monoisotopic (exact) mass is 655 g/mol. The molecule has 1 aliphatic heterocycles. The Balaban J connectivity index is 1.19. The zero-order valence-corrected chi connectivity index (χ0v) is 27.0. The van der Waals surface area contributed by atoms with Crippen LogP contribution in [0.3, 0.4) is 0 Å². The van der Waals surface area contributed by atoms with Crippen LogP contribution >= 0.6 is 11.6 Å². The van der Waals surface area contributed by atoms with E-state index in [1.807, 2.05) is 91.9 Å². The van der Waals surface area contributed by atoms with Crippen molar-refractivity contribution < 1.29 is 14.4 Å². The van der Waals surface area contributed by atoms with Crippen LogP contribution in [0.15, 0.2) is 127 Å². The lowest BCUT2D eigenvalue weighted by molar-refractivity contribution is -0.110. The number of halogens is 1. The Morgan fingerprint density at radius 2 is 1.44 bits per heavy atom. The molecule has 0 bridgehead atoms. The standard InChI is InChI=1S/C39H34ClN5O3/c1-25(27-11-4-2-5-12-27)42-37(46)29-18-19-34-33(23-29)35(38(47)45-34)36(28-13-6-3-7-14-28)41-21-20-26-10-8-16-31(22-26)43-39(48)44-32-17-9-15-30(40)24-32/h2-19,22-25,41H,20-21H2,1H3,(H,42,46)(H,45,47)(H2,43,44,48)/t25-/m1/s1. The summed E-state index contributed by atoms with van der Waals surface area (Å²) in [5, 5.41) is 15.7. The lowest BCUT2D eigenvalue weighted by Crippen LogP contribution is -2.26. The number of hydrogen-bond donors (Lipinski definition) is 5. The molecule has 1 atom stereocenters. The van der Waals surface area contributed by atoms with Gasteiger partial charge < -0.3 is 26.6 Å². The fourth-order valence-electron chi connectivity index (χ4n) is 5.60. The van der Waals surface area contributed by atoms with Crippen molar-refractivity contribution in [2.45, 2.75) is 19.4 Å². The molecule has 1 heterocycles. The van der Waals surface area contributed by atoms with Crippen molar-refractivity contribution >= 4 is 57.8 Å². The van der Waals surface area contributed by atoms with E-state index in [9.17, 15) is 14.4 Å². The molecule has 0 unspecified atom stereocenters. The summed E-state index contributed by atoms with van der Waals surface area (Å²) in [6, 6.07) is 38.7. The van der Waals surface area contributed by atoms with Crippen molar-refractivity contribution in [1.29, 1.82) is 0 Å². The van der Waals surface area contributed by atoms with Crippen LogP contribution in [0, 0.1) is 0 Å². The van der Waals surface area contributed by atoms with Gasteiger partial charge in [0.25, 0.3) is 11.8 Å². The maximum atomic E-state index is 13.5. The van der Waals surface area contributed by atoms with Gasteiger partial charge >= 0.3 is 6.03 Å². The van der Waals surface area contributed by atoms with Crippen LogP contribution in [0.2, 0.25) is 5.02 Å². The average molecular weight is 656 g/mol. The number of carbonyl (C=O) groups excluding carboxylic acids is 3. The third kappa shape index (κ3) is 7.74. The Kier molecular flexibility index (Phi) is 9.83. The number of rotatable bonds is 10. The molecule has 5 aromatic rings. The van der Waals surface area contributed by atoms with Crippen LogP contribution in [-0.2, 0) is 11.2 Å². The van der Waals surface area contributed by atoms with Crippen LogP contribution in [0.1, 0.15) is 45.6 Å². The van der Waals surface area contributed by atoms with Gasteiger partial charge in [-0.25, -0.2) is 4.79 Å². The van der Waals surface area contributed by atoms with Crippen LogP contribution in [0.4, 0.5) is 21.9 Å². The first kappa shape index (κ1) is 32.1. The highest BCUT2D eigenvalue weighted by molar-refractivity contribution is 6.37. The summed E-state index contributed by atoms with van der Waals surface area (Å²) in [6.07, 6.45) is 0.614. The SMILES string of the molecule is C[C@@H](NC(=O)c1ccc2c(c1)C(=C(NCCc1cccc(NC(=O)Nc3cccc(Cl)c3)c1)c1ccccc1)C(=O)N2)c1ccccc1. The Morgan fingerprint density at radius 3 is 2.17 bits per heavy atom. The maximum absolute atomic E-state index is 13.5. The van der Waals surface area contributed by atoms with Gasteiger partial charge in [-0.05, 0) is 78.6 Å². The smallest absolute Gasteiger partial charge is 0.323 e. The van der Waals surface area contributed by atoms with Crippen LogP contribution < -0.4 is 26.6 Å². The zero-order chi connectivity index (χ0) is 33.5. The predicted molar refractivity (Wildman–Crippen MR) is 193 cm³/mol. The summed E-state index contributed by atoms with van der Waals surface area (Å²) >= 11 is 6.03. The molecule has 6 rings (SSSR count). The van der Waals surface area contributed by atoms with Gasteiger partial charge in [-0.15, -0.1) is 0 Å². The number of amides is 4. The summed E-state index contributed by atoms with van der Waals surface area (Å²) in [5.41, 5.74) is 6.96. The minimum absolute atomic E-state index is 0.186. The van der Waals surface area contributed by atoms with E-state index in [2.05, 4.69) is 26.6 Å². The molecule has 240 valence electrons. The fraction of sp³-hybridized carbons (Fsp3) is 0.103. The van der Waals surface area contributed by atoms with E-state index in [-0.39, 0.29) is 23.9 Å². The Hall–Kier alpha value is -5.86. The molecule has 0 aliphatic carbocycles. The van der Waals surface area contributed by atoms with E-state index in [0.29, 0.717) is 57.4 Å².